The number of ether oxygens (including phenoxy) is 1. The fraction of sp³-hybridized carbons (Fsp3) is 0.409. The monoisotopic (exact) mass is 460 g/mol. The topological polar surface area (TPSA) is 91.1 Å². The Kier molecular flexibility index (Phi) is 5.07. The minimum absolute atomic E-state index is 0.135. The number of carbonyl (C=O) groups excluding carboxylic acids is 1. The molecule has 5 rings (SSSR count). The van der Waals surface area contributed by atoms with Crippen molar-refractivity contribution >= 4 is 40.1 Å². The molecule has 2 aliphatic rings. The van der Waals surface area contributed by atoms with Crippen molar-refractivity contribution in [1.82, 2.24) is 19.9 Å². The van der Waals surface area contributed by atoms with Crippen LogP contribution in [-0.4, -0.2) is 45.5 Å². The number of aromatic nitrogens is 3. The van der Waals surface area contributed by atoms with E-state index in [0.717, 1.165) is 16.6 Å². The van der Waals surface area contributed by atoms with E-state index < -0.39 is 0 Å². The molecule has 1 saturated heterocycles. The summed E-state index contributed by atoms with van der Waals surface area (Å²) in [6.45, 7) is 5.87. The van der Waals surface area contributed by atoms with Crippen LogP contribution in [0.4, 0.5) is 0 Å². The van der Waals surface area contributed by atoms with Gasteiger partial charge < -0.3 is 19.6 Å². The molecule has 0 aliphatic carbocycles. The quantitative estimate of drug-likeness (QED) is 0.618. The van der Waals surface area contributed by atoms with Crippen molar-refractivity contribution < 1.29 is 9.53 Å². The van der Waals surface area contributed by atoms with E-state index in [0.29, 0.717) is 64.5 Å². The van der Waals surface area contributed by atoms with Gasteiger partial charge in [-0.25, -0.2) is 4.98 Å². The zero-order valence-corrected chi connectivity index (χ0v) is 18.7. The highest BCUT2D eigenvalue weighted by molar-refractivity contribution is 6.37. The first-order valence-electron chi connectivity index (χ1n) is 10.3. The van der Waals surface area contributed by atoms with Crippen LogP contribution in [0.5, 0.6) is 0 Å². The van der Waals surface area contributed by atoms with Gasteiger partial charge >= 0.3 is 0 Å². The lowest BCUT2D eigenvalue weighted by Crippen LogP contribution is -2.39. The number of hydrogen-bond acceptors (Lipinski definition) is 4. The molecule has 1 amide bonds. The van der Waals surface area contributed by atoms with E-state index in [1.165, 1.54) is 0 Å². The summed E-state index contributed by atoms with van der Waals surface area (Å²) in [6, 6.07) is 1.90. The maximum absolute atomic E-state index is 13.5. The highest BCUT2D eigenvalue weighted by Gasteiger charge is 2.34. The van der Waals surface area contributed by atoms with Gasteiger partial charge in [0.15, 0.2) is 0 Å². The summed E-state index contributed by atoms with van der Waals surface area (Å²) in [5.74, 6) is 0.284. The maximum atomic E-state index is 13.5. The normalized spacial score (nSPS) is 17.7. The third kappa shape index (κ3) is 3.26. The molecule has 3 aromatic rings. The molecule has 162 valence electrons. The number of aryl methyl sites for hydroxylation is 1. The van der Waals surface area contributed by atoms with Gasteiger partial charge in [0.25, 0.3) is 11.5 Å². The van der Waals surface area contributed by atoms with E-state index in [4.69, 9.17) is 27.9 Å². The Bertz CT molecular complexity index is 1260. The fourth-order valence-electron chi connectivity index (χ4n) is 4.50. The first kappa shape index (κ1) is 20.5. The van der Waals surface area contributed by atoms with Crippen molar-refractivity contribution in [3.8, 4) is 0 Å². The van der Waals surface area contributed by atoms with Crippen molar-refractivity contribution in [2.45, 2.75) is 32.7 Å². The Morgan fingerprint density at radius 3 is 2.81 bits per heavy atom. The summed E-state index contributed by atoms with van der Waals surface area (Å²) in [7, 11) is 0. The van der Waals surface area contributed by atoms with Crippen LogP contribution in [0, 0.1) is 12.8 Å². The number of halogens is 2. The van der Waals surface area contributed by atoms with Crippen molar-refractivity contribution in [3.05, 3.63) is 60.7 Å². The minimum atomic E-state index is -0.243. The molecule has 9 heteroatoms. The van der Waals surface area contributed by atoms with E-state index in [1.807, 2.05) is 13.0 Å². The van der Waals surface area contributed by atoms with E-state index in [-0.39, 0.29) is 23.9 Å². The number of nitrogens with zero attached hydrogens (tertiary/aromatic N) is 2. The highest BCUT2D eigenvalue weighted by Crippen LogP contribution is 2.41. The first-order chi connectivity index (χ1) is 14.9. The SMILES string of the molecule is Cc1[nH]c(=O)c(CN2CCc3c(Cl)cc(C(C)C4COC4)c(Cl)c3C2=O)c2nc[nH]c12. The molecular formula is C22H22Cl2N4O3. The Hall–Kier alpha value is -2.35. The van der Waals surface area contributed by atoms with Crippen molar-refractivity contribution in [2.24, 2.45) is 5.92 Å². The number of aromatic amines is 2. The van der Waals surface area contributed by atoms with Crippen molar-refractivity contribution in [3.63, 3.8) is 0 Å². The molecule has 2 N–H and O–H groups in total. The van der Waals surface area contributed by atoms with Crippen LogP contribution in [0.1, 0.15) is 45.6 Å². The predicted octanol–water partition coefficient (Wildman–Crippen LogP) is 3.81. The summed E-state index contributed by atoms with van der Waals surface area (Å²) >= 11 is 13.4. The van der Waals surface area contributed by atoms with Crippen LogP contribution in [0.3, 0.4) is 0 Å². The zero-order valence-electron chi connectivity index (χ0n) is 17.2. The van der Waals surface area contributed by atoms with Crippen LogP contribution in [0.25, 0.3) is 11.0 Å². The number of hydrogen-bond donors (Lipinski definition) is 2. The van der Waals surface area contributed by atoms with Gasteiger partial charge in [0, 0.05) is 23.2 Å². The number of fused-ring (bicyclic) bond motifs is 2. The van der Waals surface area contributed by atoms with E-state index in [9.17, 15) is 9.59 Å². The smallest absolute Gasteiger partial charge is 0.256 e. The summed E-state index contributed by atoms with van der Waals surface area (Å²) < 4.78 is 5.32. The molecular weight excluding hydrogens is 439 g/mol. The largest absolute Gasteiger partial charge is 0.381 e. The highest BCUT2D eigenvalue weighted by atomic mass is 35.5. The molecule has 1 fully saturated rings. The number of benzene rings is 1. The lowest BCUT2D eigenvalue weighted by molar-refractivity contribution is -0.0423. The molecule has 1 unspecified atom stereocenters. The molecule has 1 aromatic carbocycles. The second kappa shape index (κ2) is 7.65. The lowest BCUT2D eigenvalue weighted by atomic mass is 9.84. The fourth-order valence-corrected chi connectivity index (χ4v) is 5.23. The van der Waals surface area contributed by atoms with E-state index in [2.05, 4.69) is 21.9 Å². The second-order valence-corrected chi connectivity index (χ2v) is 9.15. The third-order valence-electron chi connectivity index (χ3n) is 6.56. The van der Waals surface area contributed by atoms with Gasteiger partial charge in [-0.3, -0.25) is 9.59 Å². The number of rotatable bonds is 4. The Morgan fingerprint density at radius 1 is 1.32 bits per heavy atom. The van der Waals surface area contributed by atoms with Gasteiger partial charge in [-0.05, 0) is 36.5 Å². The maximum Gasteiger partial charge on any atom is 0.256 e. The number of nitrogens with one attached hydrogen (secondary N) is 2. The number of imidazole rings is 1. The zero-order chi connectivity index (χ0) is 21.9. The Labute approximate surface area is 188 Å². The molecule has 2 aromatic heterocycles. The number of amides is 1. The summed E-state index contributed by atoms with van der Waals surface area (Å²) in [6.07, 6.45) is 2.13. The average molecular weight is 461 g/mol. The Balaban J connectivity index is 1.53. The predicted molar refractivity (Wildman–Crippen MR) is 119 cm³/mol. The lowest BCUT2D eigenvalue weighted by Gasteiger charge is -2.34. The van der Waals surface area contributed by atoms with Gasteiger partial charge in [0.2, 0.25) is 0 Å². The van der Waals surface area contributed by atoms with Gasteiger partial charge in [-0.2, -0.15) is 0 Å². The number of H-pyrrole nitrogens is 2. The second-order valence-electron chi connectivity index (χ2n) is 8.36. The minimum Gasteiger partial charge on any atom is -0.381 e. The first-order valence-corrected chi connectivity index (χ1v) is 11.0. The Morgan fingerprint density at radius 2 is 2.10 bits per heavy atom. The van der Waals surface area contributed by atoms with Crippen LogP contribution >= 0.6 is 23.2 Å². The summed E-state index contributed by atoms with van der Waals surface area (Å²) in [4.78, 5) is 38.0. The van der Waals surface area contributed by atoms with Gasteiger partial charge in [0.1, 0.15) is 5.52 Å². The van der Waals surface area contributed by atoms with Crippen molar-refractivity contribution in [1.29, 1.82) is 0 Å². The molecule has 4 heterocycles. The number of pyridine rings is 1. The van der Waals surface area contributed by atoms with Crippen molar-refractivity contribution in [2.75, 3.05) is 19.8 Å². The summed E-state index contributed by atoms with van der Waals surface area (Å²) in [5.41, 5.74) is 4.36. The molecule has 2 aliphatic heterocycles. The average Bonchev–Trinajstić information content (AvgIpc) is 3.17. The molecule has 0 bridgehead atoms. The molecule has 0 saturated carbocycles. The van der Waals surface area contributed by atoms with Crippen LogP contribution in [0.15, 0.2) is 17.2 Å². The summed E-state index contributed by atoms with van der Waals surface area (Å²) in [5, 5.41) is 1.02. The van der Waals surface area contributed by atoms with Gasteiger partial charge in [-0.1, -0.05) is 30.1 Å². The molecule has 0 radical (unpaired) electrons. The van der Waals surface area contributed by atoms with E-state index >= 15 is 0 Å². The van der Waals surface area contributed by atoms with Crippen LogP contribution in [0.2, 0.25) is 10.0 Å². The number of carbonyl (C=O) groups is 1. The standard InChI is InChI=1S/C22H22Cl2N4O3/c1-10(12-7-31-8-12)14-5-16(23)13-3-4-28(22(30)17(13)18(14)24)6-15-20-19(25-9-26-20)11(2)27-21(15)29/h5,9-10,12H,3-4,6-8H2,1-2H3,(H,25,26)(H,27,29). The molecule has 7 nitrogen and oxygen atoms in total. The van der Waals surface area contributed by atoms with Crippen LogP contribution < -0.4 is 5.56 Å². The van der Waals surface area contributed by atoms with E-state index in [1.54, 1.807) is 11.2 Å². The third-order valence-corrected chi connectivity index (χ3v) is 7.31. The molecule has 0 spiro atoms. The molecule has 1 atom stereocenters. The van der Waals surface area contributed by atoms with Gasteiger partial charge in [-0.15, -0.1) is 0 Å². The van der Waals surface area contributed by atoms with Crippen LogP contribution in [-0.2, 0) is 17.7 Å². The van der Waals surface area contributed by atoms with Gasteiger partial charge in [0.05, 0.1) is 47.8 Å². The molecule has 31 heavy (non-hydrogen) atoms.